The predicted molar refractivity (Wildman–Crippen MR) is 65.7 cm³/mol. The Balaban J connectivity index is 1.71. The molecule has 4 heteroatoms. The number of nitrogens with zero attached hydrogens (tertiary/aromatic N) is 2. The highest BCUT2D eigenvalue weighted by atomic mass is 16.3. The molecule has 4 nitrogen and oxygen atoms in total. The van der Waals surface area contributed by atoms with Gasteiger partial charge in [-0.3, -0.25) is 0 Å². The van der Waals surface area contributed by atoms with Gasteiger partial charge < -0.3 is 15.0 Å². The van der Waals surface area contributed by atoms with Crippen molar-refractivity contribution < 1.29 is 5.11 Å². The molecule has 2 N–H and O–H groups in total. The summed E-state index contributed by atoms with van der Waals surface area (Å²) in [6.45, 7) is 3.30. The fourth-order valence-corrected chi connectivity index (χ4v) is 3.00. The number of hydrogen-bond donors (Lipinski definition) is 2. The van der Waals surface area contributed by atoms with Gasteiger partial charge in [0.1, 0.15) is 11.9 Å². The van der Waals surface area contributed by atoms with Crippen molar-refractivity contribution in [3.8, 4) is 0 Å². The van der Waals surface area contributed by atoms with Crippen LogP contribution >= 0.6 is 0 Å². The molecule has 0 spiro atoms. The average molecular weight is 235 g/mol. The Hall–Kier alpha value is -0.870. The van der Waals surface area contributed by atoms with E-state index < -0.39 is 0 Å². The van der Waals surface area contributed by atoms with Crippen molar-refractivity contribution in [3.63, 3.8) is 0 Å². The normalized spacial score (nSPS) is 25.8. The maximum absolute atomic E-state index is 9.89. The van der Waals surface area contributed by atoms with Crippen molar-refractivity contribution in [1.82, 2.24) is 14.9 Å². The lowest BCUT2D eigenvalue weighted by Gasteiger charge is -2.21. The van der Waals surface area contributed by atoms with Crippen LogP contribution in [-0.2, 0) is 13.0 Å². The van der Waals surface area contributed by atoms with E-state index in [1.54, 1.807) is 0 Å². The molecule has 94 valence electrons. The second kappa shape index (κ2) is 4.78. The summed E-state index contributed by atoms with van der Waals surface area (Å²) in [4.78, 5) is 4.62. The van der Waals surface area contributed by atoms with Gasteiger partial charge in [0.25, 0.3) is 0 Å². The highest BCUT2D eigenvalue weighted by molar-refractivity contribution is 5.09. The Labute approximate surface area is 102 Å². The van der Waals surface area contributed by atoms with E-state index in [0.29, 0.717) is 0 Å². The summed E-state index contributed by atoms with van der Waals surface area (Å²) in [5.74, 6) is 1.66. The molecule has 0 aromatic carbocycles. The van der Waals surface area contributed by atoms with E-state index in [1.807, 2.05) is 0 Å². The highest BCUT2D eigenvalue weighted by Crippen LogP contribution is 2.25. The molecule has 1 fully saturated rings. The third-order valence-electron chi connectivity index (χ3n) is 3.99. The van der Waals surface area contributed by atoms with Gasteiger partial charge in [-0.1, -0.05) is 0 Å². The van der Waals surface area contributed by atoms with E-state index in [-0.39, 0.29) is 6.10 Å². The Morgan fingerprint density at radius 1 is 1.35 bits per heavy atom. The zero-order valence-electron chi connectivity index (χ0n) is 10.2. The molecule has 3 rings (SSSR count). The van der Waals surface area contributed by atoms with Crippen LogP contribution in [0.1, 0.15) is 43.3 Å². The van der Waals surface area contributed by atoms with E-state index in [9.17, 15) is 5.11 Å². The highest BCUT2D eigenvalue weighted by Gasteiger charge is 2.22. The van der Waals surface area contributed by atoms with Gasteiger partial charge >= 0.3 is 0 Å². The molecule has 1 unspecified atom stereocenters. The Kier molecular flexibility index (Phi) is 3.16. The number of aliphatic hydroxyl groups excluding tert-OH is 1. The van der Waals surface area contributed by atoms with Gasteiger partial charge in [0.2, 0.25) is 0 Å². The lowest BCUT2D eigenvalue weighted by molar-refractivity contribution is 0.133. The van der Waals surface area contributed by atoms with E-state index in [4.69, 9.17) is 0 Å². The maximum atomic E-state index is 9.89. The number of imidazole rings is 1. The molecule has 0 amide bonds. The third-order valence-corrected chi connectivity index (χ3v) is 3.99. The van der Waals surface area contributed by atoms with Crippen LogP contribution in [0.25, 0.3) is 0 Å². The molecule has 1 aromatic rings. The van der Waals surface area contributed by atoms with Crippen LogP contribution in [0.4, 0.5) is 0 Å². The fourth-order valence-electron chi connectivity index (χ4n) is 3.00. The van der Waals surface area contributed by atoms with Gasteiger partial charge in [0, 0.05) is 12.7 Å². The number of aromatic nitrogens is 2. The number of hydrogen-bond acceptors (Lipinski definition) is 3. The van der Waals surface area contributed by atoms with Crippen molar-refractivity contribution >= 4 is 0 Å². The second-order valence-electron chi connectivity index (χ2n) is 5.34. The molecule has 0 saturated carbocycles. The van der Waals surface area contributed by atoms with Crippen LogP contribution < -0.4 is 5.32 Å². The second-order valence-corrected chi connectivity index (χ2v) is 5.34. The molecule has 2 aliphatic rings. The number of nitrogens with one attached hydrogen (secondary N) is 1. The van der Waals surface area contributed by atoms with Crippen molar-refractivity contribution in [2.24, 2.45) is 5.92 Å². The minimum atomic E-state index is -0.342. The van der Waals surface area contributed by atoms with Gasteiger partial charge in [-0.15, -0.1) is 0 Å². The monoisotopic (exact) mass is 235 g/mol. The van der Waals surface area contributed by atoms with E-state index in [1.165, 1.54) is 18.5 Å². The van der Waals surface area contributed by atoms with E-state index in [2.05, 4.69) is 21.1 Å². The van der Waals surface area contributed by atoms with Gasteiger partial charge in [-0.05, 0) is 51.1 Å². The first-order valence-corrected chi connectivity index (χ1v) is 6.77. The molecule has 3 heterocycles. The molecule has 0 aliphatic carbocycles. The van der Waals surface area contributed by atoms with Crippen molar-refractivity contribution in [3.05, 3.63) is 17.7 Å². The van der Waals surface area contributed by atoms with E-state index in [0.717, 1.165) is 50.6 Å². The maximum Gasteiger partial charge on any atom is 0.137 e. The lowest BCUT2D eigenvalue weighted by atomic mass is 9.93. The van der Waals surface area contributed by atoms with Crippen LogP contribution in [0.5, 0.6) is 0 Å². The summed E-state index contributed by atoms with van der Waals surface area (Å²) >= 11 is 0. The summed E-state index contributed by atoms with van der Waals surface area (Å²) in [6.07, 6.45) is 7.33. The largest absolute Gasteiger partial charge is 0.385 e. The number of aryl methyl sites for hydroxylation is 1. The van der Waals surface area contributed by atoms with Gasteiger partial charge in [0.15, 0.2) is 0 Å². The van der Waals surface area contributed by atoms with Crippen LogP contribution in [0.3, 0.4) is 0 Å². The fraction of sp³-hybridized carbons (Fsp3) is 0.769. The summed E-state index contributed by atoms with van der Waals surface area (Å²) in [6, 6.07) is 0. The standard InChI is InChI=1S/C13H21N3O/c17-12-2-1-7-16-9-11(15-13(12)16)8-10-3-5-14-6-4-10/h9-10,12,14,17H,1-8H2. The Morgan fingerprint density at radius 2 is 2.18 bits per heavy atom. The molecule has 1 saturated heterocycles. The quantitative estimate of drug-likeness (QED) is 0.811. The lowest BCUT2D eigenvalue weighted by Crippen LogP contribution is -2.28. The Bertz CT molecular complexity index is 382. The van der Waals surface area contributed by atoms with Crippen LogP contribution in [0.2, 0.25) is 0 Å². The number of piperidine rings is 1. The number of aliphatic hydroxyl groups is 1. The van der Waals surface area contributed by atoms with Crippen LogP contribution in [0.15, 0.2) is 6.20 Å². The SMILES string of the molecule is OC1CCCn2cc(CC3CCNCC3)nc21. The molecule has 17 heavy (non-hydrogen) atoms. The Morgan fingerprint density at radius 3 is 2.94 bits per heavy atom. The molecule has 0 bridgehead atoms. The first-order chi connectivity index (χ1) is 8.33. The zero-order chi connectivity index (χ0) is 11.7. The van der Waals surface area contributed by atoms with Crippen LogP contribution in [0, 0.1) is 5.92 Å². The summed E-state index contributed by atoms with van der Waals surface area (Å²) in [5, 5.41) is 13.3. The van der Waals surface area contributed by atoms with Crippen molar-refractivity contribution in [2.45, 2.75) is 44.8 Å². The predicted octanol–water partition coefficient (Wildman–Crippen LogP) is 1.25. The smallest absolute Gasteiger partial charge is 0.137 e. The van der Waals surface area contributed by atoms with Crippen molar-refractivity contribution in [2.75, 3.05) is 13.1 Å². The first-order valence-electron chi connectivity index (χ1n) is 6.77. The first kappa shape index (κ1) is 11.2. The third kappa shape index (κ3) is 2.38. The minimum absolute atomic E-state index is 0.342. The summed E-state index contributed by atoms with van der Waals surface area (Å²) in [5.41, 5.74) is 1.17. The molecule has 1 atom stereocenters. The average Bonchev–Trinajstić information content (AvgIpc) is 2.74. The molecular weight excluding hydrogens is 214 g/mol. The molecule has 2 aliphatic heterocycles. The molecule has 1 aromatic heterocycles. The van der Waals surface area contributed by atoms with Gasteiger partial charge in [-0.25, -0.2) is 4.98 Å². The number of fused-ring (bicyclic) bond motifs is 1. The molecular formula is C13H21N3O. The van der Waals surface area contributed by atoms with Gasteiger partial charge in [-0.2, -0.15) is 0 Å². The van der Waals surface area contributed by atoms with Gasteiger partial charge in [0.05, 0.1) is 5.69 Å². The zero-order valence-corrected chi connectivity index (χ0v) is 10.2. The van der Waals surface area contributed by atoms with Crippen molar-refractivity contribution in [1.29, 1.82) is 0 Å². The summed E-state index contributed by atoms with van der Waals surface area (Å²) in [7, 11) is 0. The minimum Gasteiger partial charge on any atom is -0.385 e. The van der Waals surface area contributed by atoms with E-state index >= 15 is 0 Å². The molecule has 0 radical (unpaired) electrons. The number of rotatable bonds is 2. The summed E-state index contributed by atoms with van der Waals surface area (Å²) < 4.78 is 2.14. The van der Waals surface area contributed by atoms with Crippen LogP contribution in [-0.4, -0.2) is 27.7 Å². The topological polar surface area (TPSA) is 50.1 Å².